The zero-order valence-electron chi connectivity index (χ0n) is 12.9. The summed E-state index contributed by atoms with van der Waals surface area (Å²) < 4.78 is 10.7. The van der Waals surface area contributed by atoms with Crippen LogP contribution in [0.1, 0.15) is 21.0 Å². The van der Waals surface area contributed by atoms with E-state index in [0.29, 0.717) is 5.75 Å². The lowest BCUT2D eigenvalue weighted by Crippen LogP contribution is -2.21. The summed E-state index contributed by atoms with van der Waals surface area (Å²) in [4.78, 5) is 34.0. The number of primary amides is 1. The molecule has 0 aliphatic carbocycles. The number of benzene rings is 1. The van der Waals surface area contributed by atoms with E-state index in [4.69, 9.17) is 15.2 Å². The Kier molecular flexibility index (Phi) is 4.82. The van der Waals surface area contributed by atoms with Crippen molar-refractivity contribution in [2.24, 2.45) is 5.73 Å². The van der Waals surface area contributed by atoms with E-state index < -0.39 is 47.3 Å². The largest absolute Gasteiger partial charge is 0.503 e. The Labute approximate surface area is 140 Å². The van der Waals surface area contributed by atoms with Crippen molar-refractivity contribution >= 4 is 17.8 Å². The van der Waals surface area contributed by atoms with E-state index in [9.17, 15) is 29.7 Å². The number of aromatic hydroxyl groups is 1. The number of hydrogen-bond acceptors (Lipinski definition) is 6. The molecule has 0 aliphatic rings. The second-order valence-electron chi connectivity index (χ2n) is 4.77. The number of carbonyl (C=O) groups is 3. The maximum Gasteiger partial charge on any atom is 0.356 e. The van der Waals surface area contributed by atoms with Crippen LogP contribution >= 0.6 is 0 Å². The van der Waals surface area contributed by atoms with E-state index in [0.717, 1.165) is 4.57 Å². The fourth-order valence-corrected chi connectivity index (χ4v) is 2.20. The highest BCUT2D eigenvalue weighted by molar-refractivity contribution is 5.99. The van der Waals surface area contributed by atoms with Gasteiger partial charge in [0.2, 0.25) is 0 Å². The fourth-order valence-electron chi connectivity index (χ4n) is 2.20. The molecule has 132 valence electrons. The van der Waals surface area contributed by atoms with E-state index in [-0.39, 0.29) is 5.69 Å². The Bertz CT molecular complexity index is 838. The van der Waals surface area contributed by atoms with Crippen molar-refractivity contribution in [1.82, 2.24) is 4.57 Å². The van der Waals surface area contributed by atoms with Gasteiger partial charge >= 0.3 is 11.9 Å². The van der Waals surface area contributed by atoms with Gasteiger partial charge in [0.05, 0.1) is 7.11 Å². The lowest BCUT2D eigenvalue weighted by molar-refractivity contribution is -0.120. The van der Waals surface area contributed by atoms with Gasteiger partial charge in [-0.1, -0.05) is 0 Å². The van der Waals surface area contributed by atoms with Crippen molar-refractivity contribution in [3.63, 3.8) is 0 Å². The third kappa shape index (κ3) is 3.32. The number of carboxylic acid groups (broad SMARTS) is 2. The summed E-state index contributed by atoms with van der Waals surface area (Å²) in [6.07, 6.45) is 0. The Morgan fingerprint density at radius 2 is 1.64 bits per heavy atom. The summed E-state index contributed by atoms with van der Waals surface area (Å²) in [5, 5.41) is 28.9. The molecule has 10 heteroatoms. The maximum atomic E-state index is 11.6. The van der Waals surface area contributed by atoms with Gasteiger partial charge in [0.1, 0.15) is 5.75 Å². The molecular formula is C15H14N2O8. The van der Waals surface area contributed by atoms with Gasteiger partial charge in [-0.15, -0.1) is 0 Å². The maximum absolute atomic E-state index is 11.6. The standard InChI is InChI=1S/C15H14N2O8/c1-24-8-4-2-7(3-5-8)17-10(14(20)21)12(19)13(11(17)15(22)23)25-6-9(16)18/h2-5,19H,6H2,1H3,(H2,16,18)(H,20,21)(H,22,23). The van der Waals surface area contributed by atoms with Crippen molar-refractivity contribution in [2.45, 2.75) is 0 Å². The smallest absolute Gasteiger partial charge is 0.356 e. The average Bonchev–Trinajstić information content (AvgIpc) is 2.85. The van der Waals surface area contributed by atoms with Crippen LogP contribution in [0.3, 0.4) is 0 Å². The predicted octanol–water partition coefficient (Wildman–Crippen LogP) is 0.452. The van der Waals surface area contributed by atoms with Crippen molar-refractivity contribution in [2.75, 3.05) is 13.7 Å². The number of hydrogen-bond donors (Lipinski definition) is 4. The number of nitrogens with two attached hydrogens (primary N) is 1. The topological polar surface area (TPSA) is 161 Å². The highest BCUT2D eigenvalue weighted by Crippen LogP contribution is 2.39. The molecular weight excluding hydrogens is 336 g/mol. The molecule has 5 N–H and O–H groups in total. The van der Waals surface area contributed by atoms with Crippen molar-refractivity contribution in [3.05, 3.63) is 35.7 Å². The van der Waals surface area contributed by atoms with Crippen molar-refractivity contribution < 1.29 is 39.2 Å². The SMILES string of the molecule is COc1ccc(-n2c(C(=O)O)c(O)c(OCC(N)=O)c2C(=O)O)cc1. The minimum absolute atomic E-state index is 0.125. The molecule has 1 aromatic carbocycles. The molecule has 0 radical (unpaired) electrons. The summed E-state index contributed by atoms with van der Waals surface area (Å²) in [5.74, 6) is -5.23. The number of aromatic carboxylic acids is 2. The van der Waals surface area contributed by atoms with Gasteiger partial charge < -0.3 is 30.5 Å². The van der Waals surface area contributed by atoms with E-state index in [1.165, 1.54) is 31.4 Å². The number of nitrogens with zero attached hydrogens (tertiary/aromatic N) is 1. The number of ether oxygens (including phenoxy) is 2. The van der Waals surface area contributed by atoms with Gasteiger partial charge in [-0.25, -0.2) is 9.59 Å². The van der Waals surface area contributed by atoms with Crippen LogP contribution in [0.25, 0.3) is 5.69 Å². The van der Waals surface area contributed by atoms with Crippen LogP contribution in [-0.2, 0) is 4.79 Å². The van der Waals surface area contributed by atoms with Crippen LogP contribution in [-0.4, -0.2) is 51.4 Å². The van der Waals surface area contributed by atoms with Gasteiger partial charge in [-0.05, 0) is 24.3 Å². The summed E-state index contributed by atoms with van der Waals surface area (Å²) in [6.45, 7) is -0.737. The molecule has 0 atom stereocenters. The van der Waals surface area contributed by atoms with Crippen LogP contribution in [0.2, 0.25) is 0 Å². The van der Waals surface area contributed by atoms with Crippen LogP contribution in [0.4, 0.5) is 0 Å². The molecule has 2 aromatic rings. The highest BCUT2D eigenvalue weighted by atomic mass is 16.5. The van der Waals surface area contributed by atoms with Gasteiger partial charge in [0.15, 0.2) is 29.5 Å². The third-order valence-electron chi connectivity index (χ3n) is 3.20. The zero-order valence-corrected chi connectivity index (χ0v) is 12.9. The Hall–Kier alpha value is -3.69. The molecule has 0 bridgehead atoms. The van der Waals surface area contributed by atoms with Crippen molar-refractivity contribution in [1.29, 1.82) is 0 Å². The van der Waals surface area contributed by atoms with E-state index in [1.54, 1.807) is 0 Å². The van der Waals surface area contributed by atoms with E-state index in [2.05, 4.69) is 0 Å². The number of methoxy groups -OCH3 is 1. The molecule has 25 heavy (non-hydrogen) atoms. The first-order valence-electron chi connectivity index (χ1n) is 6.77. The number of amides is 1. The quantitative estimate of drug-likeness (QED) is 0.559. The number of carbonyl (C=O) groups excluding carboxylic acids is 1. The fraction of sp³-hybridized carbons (Fsp3) is 0.133. The molecule has 0 unspecified atom stereocenters. The molecule has 1 amide bonds. The van der Waals surface area contributed by atoms with E-state index in [1.807, 2.05) is 0 Å². The number of aromatic nitrogens is 1. The average molecular weight is 350 g/mol. The molecule has 10 nitrogen and oxygen atoms in total. The first kappa shape index (κ1) is 17.7. The molecule has 0 spiro atoms. The monoisotopic (exact) mass is 350 g/mol. The molecule has 0 saturated heterocycles. The van der Waals surface area contributed by atoms with Gasteiger partial charge in [0, 0.05) is 5.69 Å². The Morgan fingerprint density at radius 3 is 2.08 bits per heavy atom. The highest BCUT2D eigenvalue weighted by Gasteiger charge is 2.33. The van der Waals surface area contributed by atoms with Gasteiger partial charge in [-0.3, -0.25) is 9.36 Å². The zero-order chi connectivity index (χ0) is 18.7. The normalized spacial score (nSPS) is 10.3. The molecule has 1 heterocycles. The minimum Gasteiger partial charge on any atom is -0.503 e. The second-order valence-corrected chi connectivity index (χ2v) is 4.77. The molecule has 0 fully saturated rings. The predicted molar refractivity (Wildman–Crippen MR) is 82.6 cm³/mol. The first-order valence-corrected chi connectivity index (χ1v) is 6.77. The first-order chi connectivity index (χ1) is 11.8. The summed E-state index contributed by atoms with van der Waals surface area (Å²) >= 11 is 0. The van der Waals surface area contributed by atoms with Crippen molar-refractivity contribution in [3.8, 4) is 22.9 Å². The Morgan fingerprint density at radius 1 is 1.08 bits per heavy atom. The lowest BCUT2D eigenvalue weighted by Gasteiger charge is -2.10. The summed E-state index contributed by atoms with van der Waals surface area (Å²) in [6, 6.07) is 5.76. The number of rotatable bonds is 7. The second kappa shape index (κ2) is 6.83. The molecule has 0 saturated carbocycles. The Balaban J connectivity index is 2.74. The molecule has 2 rings (SSSR count). The third-order valence-corrected chi connectivity index (χ3v) is 3.20. The number of carboxylic acids is 2. The van der Waals surface area contributed by atoms with E-state index >= 15 is 0 Å². The van der Waals surface area contributed by atoms with Gasteiger partial charge in [-0.2, -0.15) is 0 Å². The minimum atomic E-state index is -1.59. The summed E-state index contributed by atoms with van der Waals surface area (Å²) in [7, 11) is 1.43. The van der Waals surface area contributed by atoms with Crippen LogP contribution < -0.4 is 15.2 Å². The van der Waals surface area contributed by atoms with Crippen LogP contribution in [0.15, 0.2) is 24.3 Å². The summed E-state index contributed by atoms with van der Waals surface area (Å²) in [5.41, 5.74) is 3.66. The van der Waals surface area contributed by atoms with Crippen LogP contribution in [0.5, 0.6) is 17.2 Å². The lowest BCUT2D eigenvalue weighted by atomic mass is 10.2. The van der Waals surface area contributed by atoms with Crippen LogP contribution in [0, 0.1) is 0 Å². The molecule has 0 aliphatic heterocycles. The molecule has 1 aromatic heterocycles. The van der Waals surface area contributed by atoms with Gasteiger partial charge in [0.25, 0.3) is 5.91 Å².